The molecule has 0 fully saturated rings. The summed E-state index contributed by atoms with van der Waals surface area (Å²) in [5.74, 6) is 0. The quantitative estimate of drug-likeness (QED) is 0.296. The normalized spacial score (nSPS) is 11.2. The van der Waals surface area contributed by atoms with Crippen molar-refractivity contribution < 1.29 is 0 Å². The molecule has 0 radical (unpaired) electrons. The highest BCUT2D eigenvalue weighted by Crippen LogP contribution is 2.48. The number of halogens is 6. The molecule has 0 aliphatic heterocycles. The zero-order valence-corrected chi connectivity index (χ0v) is 15.9. The van der Waals surface area contributed by atoms with Crippen molar-refractivity contribution in [1.82, 2.24) is 4.98 Å². The Morgan fingerprint density at radius 2 is 1.45 bits per heavy atom. The minimum absolute atomic E-state index is 0.130. The van der Waals surface area contributed by atoms with Crippen molar-refractivity contribution in [3.63, 3.8) is 0 Å². The molecule has 0 saturated heterocycles. The monoisotopic (exact) mass is 456 g/mol. The zero-order chi connectivity index (χ0) is 16.0. The van der Waals surface area contributed by atoms with E-state index in [1.54, 1.807) is 6.20 Å². The first-order chi connectivity index (χ1) is 10.4. The lowest BCUT2D eigenvalue weighted by molar-refractivity contribution is 1.46. The Balaban J connectivity index is 2.15. The highest BCUT2D eigenvalue weighted by molar-refractivity contribution is 9.10. The molecule has 0 aliphatic carbocycles. The Morgan fingerprint density at radius 1 is 0.864 bits per heavy atom. The van der Waals surface area contributed by atoms with E-state index >= 15 is 0 Å². The van der Waals surface area contributed by atoms with Gasteiger partial charge in [0.15, 0.2) is 0 Å². The third kappa shape index (κ3) is 2.79. The highest BCUT2D eigenvalue weighted by atomic mass is 79.9. The maximum absolute atomic E-state index is 6.23. The van der Waals surface area contributed by atoms with Gasteiger partial charge in [-0.15, -0.1) is 0 Å². The summed E-state index contributed by atoms with van der Waals surface area (Å²) in [5.41, 5.74) is 2.15. The Kier molecular flexibility index (Phi) is 4.75. The van der Waals surface area contributed by atoms with Gasteiger partial charge in [0.25, 0.3) is 0 Å². The number of benzene rings is 2. The minimum atomic E-state index is 0.130. The van der Waals surface area contributed by atoms with Crippen LogP contribution in [0.2, 0.25) is 25.1 Å². The van der Waals surface area contributed by atoms with Crippen molar-refractivity contribution in [3.8, 4) is 0 Å². The zero-order valence-electron chi connectivity index (χ0n) is 10.6. The van der Waals surface area contributed by atoms with Crippen molar-refractivity contribution in [1.29, 1.82) is 0 Å². The molecule has 1 heterocycles. The van der Waals surface area contributed by atoms with Gasteiger partial charge in [-0.25, -0.2) is 0 Å². The third-order valence-corrected chi connectivity index (χ3v) is 5.88. The summed E-state index contributed by atoms with van der Waals surface area (Å²) in [4.78, 5) is 3.15. The van der Waals surface area contributed by atoms with Crippen LogP contribution in [0.5, 0.6) is 0 Å². The molecule has 0 bridgehead atoms. The predicted octanol–water partition coefficient (Wildman–Crippen LogP) is 7.94. The van der Waals surface area contributed by atoms with Gasteiger partial charge in [0.05, 0.1) is 36.5 Å². The van der Waals surface area contributed by atoms with E-state index in [9.17, 15) is 0 Å². The van der Waals surface area contributed by atoms with Crippen LogP contribution in [0.3, 0.4) is 0 Å². The molecule has 2 N–H and O–H groups in total. The molecular formula is C14H6BrCl5N2. The topological polar surface area (TPSA) is 27.8 Å². The van der Waals surface area contributed by atoms with Gasteiger partial charge < -0.3 is 10.3 Å². The molecule has 0 unspecified atom stereocenters. The molecule has 0 spiro atoms. The van der Waals surface area contributed by atoms with Crippen molar-refractivity contribution in [2.24, 2.45) is 0 Å². The molecule has 3 rings (SSSR count). The summed E-state index contributed by atoms with van der Waals surface area (Å²) >= 11 is 34.1. The lowest BCUT2D eigenvalue weighted by atomic mass is 10.2. The number of hydrogen-bond acceptors (Lipinski definition) is 1. The van der Waals surface area contributed by atoms with E-state index in [-0.39, 0.29) is 25.1 Å². The highest BCUT2D eigenvalue weighted by Gasteiger charge is 2.20. The van der Waals surface area contributed by atoms with Gasteiger partial charge in [0.1, 0.15) is 0 Å². The summed E-state index contributed by atoms with van der Waals surface area (Å²) in [6.45, 7) is 0. The van der Waals surface area contributed by atoms with E-state index in [0.29, 0.717) is 5.69 Å². The van der Waals surface area contributed by atoms with Gasteiger partial charge in [-0.2, -0.15) is 0 Å². The van der Waals surface area contributed by atoms with Gasteiger partial charge in [-0.1, -0.05) is 73.9 Å². The Morgan fingerprint density at radius 3 is 2.09 bits per heavy atom. The molecular weight excluding hydrogens is 453 g/mol. The third-order valence-electron chi connectivity index (χ3n) is 3.11. The molecule has 1 aromatic heterocycles. The number of rotatable bonds is 2. The Bertz CT molecular complexity index is 862. The lowest BCUT2D eigenvalue weighted by Gasteiger charge is -2.14. The molecule has 0 amide bonds. The fourth-order valence-corrected chi connectivity index (χ4v) is 3.64. The van der Waals surface area contributed by atoms with Crippen LogP contribution >= 0.6 is 73.9 Å². The van der Waals surface area contributed by atoms with Crippen LogP contribution in [-0.2, 0) is 0 Å². The van der Waals surface area contributed by atoms with Gasteiger partial charge >= 0.3 is 0 Å². The van der Waals surface area contributed by atoms with Crippen LogP contribution < -0.4 is 5.32 Å². The van der Waals surface area contributed by atoms with E-state index < -0.39 is 0 Å². The number of H-pyrrole nitrogens is 1. The predicted molar refractivity (Wildman–Crippen MR) is 101 cm³/mol. The lowest BCUT2D eigenvalue weighted by Crippen LogP contribution is -1.94. The second kappa shape index (κ2) is 6.31. The van der Waals surface area contributed by atoms with E-state index in [1.165, 1.54) is 0 Å². The first-order valence-corrected chi connectivity index (χ1v) is 8.63. The molecule has 114 valence electrons. The minimum Gasteiger partial charge on any atom is -0.359 e. The molecule has 0 aliphatic rings. The maximum Gasteiger partial charge on any atom is 0.0858 e. The fourth-order valence-electron chi connectivity index (χ4n) is 2.05. The first kappa shape index (κ1) is 16.6. The second-order valence-electron chi connectivity index (χ2n) is 4.46. The Labute approximate surface area is 159 Å². The van der Waals surface area contributed by atoms with E-state index in [1.807, 2.05) is 18.2 Å². The summed E-state index contributed by atoms with van der Waals surface area (Å²) in [6, 6.07) is 5.86. The van der Waals surface area contributed by atoms with Crippen molar-refractivity contribution in [2.75, 3.05) is 5.32 Å². The summed E-state index contributed by atoms with van der Waals surface area (Å²) in [6.07, 6.45) is 1.81. The van der Waals surface area contributed by atoms with Gasteiger partial charge in [0.2, 0.25) is 0 Å². The first-order valence-electron chi connectivity index (χ1n) is 5.95. The van der Waals surface area contributed by atoms with E-state index in [0.717, 1.165) is 21.1 Å². The number of anilines is 2. The van der Waals surface area contributed by atoms with E-state index in [2.05, 4.69) is 26.2 Å². The summed E-state index contributed by atoms with van der Waals surface area (Å²) in [5, 5.41) is 4.98. The molecule has 0 atom stereocenters. The smallest absolute Gasteiger partial charge is 0.0858 e. The molecule has 2 nitrogen and oxygen atoms in total. The Hall–Kier alpha value is -0.290. The molecule has 0 saturated carbocycles. The van der Waals surface area contributed by atoms with Crippen LogP contribution in [0.4, 0.5) is 11.4 Å². The summed E-state index contributed by atoms with van der Waals surface area (Å²) < 4.78 is 0.951. The molecule has 22 heavy (non-hydrogen) atoms. The van der Waals surface area contributed by atoms with Crippen LogP contribution in [0.25, 0.3) is 10.9 Å². The van der Waals surface area contributed by atoms with Gasteiger partial charge in [0, 0.05) is 21.6 Å². The molecule has 2 aromatic carbocycles. The van der Waals surface area contributed by atoms with Crippen LogP contribution in [-0.4, -0.2) is 4.98 Å². The van der Waals surface area contributed by atoms with Crippen LogP contribution in [0.15, 0.2) is 28.9 Å². The summed E-state index contributed by atoms with van der Waals surface area (Å²) in [7, 11) is 0. The van der Waals surface area contributed by atoms with E-state index in [4.69, 9.17) is 58.0 Å². The average Bonchev–Trinajstić information content (AvgIpc) is 2.90. The van der Waals surface area contributed by atoms with Crippen molar-refractivity contribution in [3.05, 3.63) is 54.0 Å². The van der Waals surface area contributed by atoms with Crippen LogP contribution in [0, 0.1) is 0 Å². The van der Waals surface area contributed by atoms with Crippen LogP contribution in [0.1, 0.15) is 0 Å². The average molecular weight is 459 g/mol. The van der Waals surface area contributed by atoms with Crippen molar-refractivity contribution >= 4 is 96.2 Å². The van der Waals surface area contributed by atoms with Gasteiger partial charge in [-0.05, 0) is 18.2 Å². The number of aromatic amines is 1. The van der Waals surface area contributed by atoms with Gasteiger partial charge in [-0.3, -0.25) is 0 Å². The number of aromatic nitrogens is 1. The molecule has 3 aromatic rings. The number of fused-ring (bicyclic) bond motifs is 1. The second-order valence-corrected chi connectivity index (χ2v) is 7.27. The number of hydrogen-bond donors (Lipinski definition) is 2. The molecule has 8 heteroatoms. The number of nitrogens with one attached hydrogen (secondary N) is 2. The SMILES string of the molecule is Clc1c(Cl)c(Cl)c(Nc2c[nH]c3ccc(Br)cc23)c(Cl)c1Cl. The standard InChI is InChI=1S/C14H6BrCl5N2/c15-5-1-2-7-6(3-5)8(4-21-7)22-14-12(19)10(17)9(16)11(18)13(14)20/h1-4,21-22H. The maximum atomic E-state index is 6.23. The fraction of sp³-hybridized carbons (Fsp3) is 0. The largest absolute Gasteiger partial charge is 0.359 e. The van der Waals surface area contributed by atoms with Crippen molar-refractivity contribution in [2.45, 2.75) is 0 Å².